The molecule has 7 nitrogen and oxygen atoms in total. The molecular weight excluding hydrogens is 462 g/mol. The number of fused-ring (bicyclic) bond motifs is 1. The van der Waals surface area contributed by atoms with Gasteiger partial charge < -0.3 is 4.74 Å². The molecule has 0 saturated carbocycles. The Bertz CT molecular complexity index is 1600. The zero-order valence-electron chi connectivity index (χ0n) is 19.5. The molecule has 2 aromatic heterocycles. The third-order valence-corrected chi connectivity index (χ3v) is 6.79. The maximum absolute atomic E-state index is 13.3. The molecule has 2 aromatic carbocycles. The van der Waals surface area contributed by atoms with E-state index in [-0.39, 0.29) is 10.7 Å². The van der Waals surface area contributed by atoms with Gasteiger partial charge in [-0.25, -0.2) is 8.42 Å². The van der Waals surface area contributed by atoms with Crippen LogP contribution in [0.1, 0.15) is 41.0 Å². The lowest BCUT2D eigenvalue weighted by atomic mass is 10.1. The lowest BCUT2D eigenvalue weighted by Crippen LogP contribution is -2.14. The van der Waals surface area contributed by atoms with Gasteiger partial charge >= 0.3 is 0 Å². The van der Waals surface area contributed by atoms with Gasteiger partial charge in [-0.2, -0.15) is 0 Å². The molecule has 0 unspecified atom stereocenters. The fourth-order valence-electron chi connectivity index (χ4n) is 3.70. The van der Waals surface area contributed by atoms with Gasteiger partial charge in [0.05, 0.1) is 18.3 Å². The monoisotopic (exact) mass is 485 g/mol. The van der Waals surface area contributed by atoms with Crippen LogP contribution in [0, 0.1) is 11.8 Å². The van der Waals surface area contributed by atoms with E-state index in [0.29, 0.717) is 45.6 Å². The van der Waals surface area contributed by atoms with Gasteiger partial charge in [0.25, 0.3) is 10.0 Å². The Kier molecular flexibility index (Phi) is 6.80. The molecule has 4 aromatic rings. The van der Waals surface area contributed by atoms with E-state index in [1.807, 2.05) is 13.0 Å². The second-order valence-corrected chi connectivity index (χ2v) is 9.36. The van der Waals surface area contributed by atoms with Gasteiger partial charge in [0.1, 0.15) is 16.3 Å². The highest BCUT2D eigenvalue weighted by atomic mass is 32.2. The summed E-state index contributed by atoms with van der Waals surface area (Å²) in [4.78, 5) is 20.3. The van der Waals surface area contributed by atoms with Gasteiger partial charge in [0.15, 0.2) is 5.78 Å². The fraction of sp³-hybridized carbons (Fsp3) is 0.148. The molecule has 4 rings (SSSR count). The molecular formula is C27H23N3O4S. The standard InChI is InChI=1S/C27H23N3O4S/c1-4-20-16-19(17-29-26(20)18(2)31)11-12-21-8-5-6-10-23(21)30-35(32,33)25-14-13-24(34-3)22-9-7-15-28-27(22)25/h5-10,13-17,30H,4H2,1-3H3. The van der Waals surface area contributed by atoms with E-state index in [0.717, 1.165) is 5.56 Å². The third-order valence-electron chi connectivity index (χ3n) is 5.40. The number of sulfonamides is 1. The number of nitrogens with zero attached hydrogens (tertiary/aromatic N) is 2. The number of nitrogens with one attached hydrogen (secondary N) is 1. The van der Waals surface area contributed by atoms with Crippen molar-refractivity contribution in [1.82, 2.24) is 9.97 Å². The number of hydrogen-bond donors (Lipinski definition) is 1. The molecule has 0 fully saturated rings. The number of aromatic nitrogens is 2. The summed E-state index contributed by atoms with van der Waals surface area (Å²) in [6.45, 7) is 3.43. The molecule has 8 heteroatoms. The highest BCUT2D eigenvalue weighted by Gasteiger charge is 2.21. The van der Waals surface area contributed by atoms with Crippen LogP contribution in [-0.4, -0.2) is 31.3 Å². The highest BCUT2D eigenvalue weighted by Crippen LogP contribution is 2.30. The number of Topliss-reactive ketones (excluding diaryl/α,β-unsaturated/α-hetero) is 1. The first-order valence-corrected chi connectivity index (χ1v) is 12.4. The number of methoxy groups -OCH3 is 1. The molecule has 0 aliphatic rings. The molecule has 0 spiro atoms. The van der Waals surface area contributed by atoms with Crippen LogP contribution in [0.5, 0.6) is 5.75 Å². The van der Waals surface area contributed by atoms with Crippen molar-refractivity contribution in [1.29, 1.82) is 0 Å². The first kappa shape index (κ1) is 23.9. The van der Waals surface area contributed by atoms with Crippen molar-refractivity contribution in [3.05, 3.63) is 89.4 Å². The summed E-state index contributed by atoms with van der Waals surface area (Å²) in [5.41, 5.74) is 3.03. The maximum Gasteiger partial charge on any atom is 0.264 e. The summed E-state index contributed by atoms with van der Waals surface area (Å²) in [7, 11) is -2.46. The molecule has 1 N–H and O–H groups in total. The molecule has 0 amide bonds. The normalized spacial score (nSPS) is 10.9. The molecule has 0 saturated heterocycles. The molecule has 176 valence electrons. The van der Waals surface area contributed by atoms with Crippen molar-refractivity contribution < 1.29 is 17.9 Å². The van der Waals surface area contributed by atoms with E-state index in [2.05, 4.69) is 26.5 Å². The molecule has 0 aliphatic heterocycles. The summed E-state index contributed by atoms with van der Waals surface area (Å²) in [6.07, 6.45) is 3.73. The van der Waals surface area contributed by atoms with Crippen LogP contribution in [0.2, 0.25) is 0 Å². The van der Waals surface area contributed by atoms with Gasteiger partial charge in [-0.05, 0) is 54.4 Å². The molecule has 0 bridgehead atoms. The first-order chi connectivity index (χ1) is 16.8. The predicted octanol–water partition coefficient (Wildman–Crippen LogP) is 4.60. The largest absolute Gasteiger partial charge is 0.496 e. The molecule has 35 heavy (non-hydrogen) atoms. The van der Waals surface area contributed by atoms with E-state index in [1.165, 1.54) is 26.3 Å². The molecule has 0 radical (unpaired) electrons. The van der Waals surface area contributed by atoms with Crippen molar-refractivity contribution in [3.8, 4) is 17.6 Å². The Balaban J connectivity index is 1.71. The van der Waals surface area contributed by atoms with E-state index < -0.39 is 10.0 Å². The number of aryl methyl sites for hydroxylation is 1. The molecule has 2 heterocycles. The minimum atomic E-state index is -3.98. The van der Waals surface area contributed by atoms with E-state index in [1.54, 1.807) is 48.7 Å². The van der Waals surface area contributed by atoms with Crippen molar-refractivity contribution >= 4 is 32.4 Å². The quantitative estimate of drug-likeness (QED) is 0.317. The lowest BCUT2D eigenvalue weighted by molar-refractivity contribution is 0.101. The van der Waals surface area contributed by atoms with E-state index >= 15 is 0 Å². The average Bonchev–Trinajstić information content (AvgIpc) is 2.86. The smallest absolute Gasteiger partial charge is 0.264 e. The van der Waals surface area contributed by atoms with E-state index in [4.69, 9.17) is 4.74 Å². The Labute approximate surface area is 204 Å². The zero-order valence-corrected chi connectivity index (χ0v) is 20.3. The van der Waals surface area contributed by atoms with Gasteiger partial charge in [-0.15, -0.1) is 0 Å². The van der Waals surface area contributed by atoms with Crippen LogP contribution in [0.25, 0.3) is 10.9 Å². The summed E-state index contributed by atoms with van der Waals surface area (Å²) in [5, 5.41) is 0.596. The lowest BCUT2D eigenvalue weighted by Gasteiger charge is -2.13. The number of carbonyl (C=O) groups is 1. The molecule has 0 atom stereocenters. The summed E-state index contributed by atoms with van der Waals surface area (Å²) < 4.78 is 34.7. The zero-order chi connectivity index (χ0) is 25.0. The Morgan fingerprint density at radius 2 is 1.86 bits per heavy atom. The Morgan fingerprint density at radius 3 is 2.60 bits per heavy atom. The summed E-state index contributed by atoms with van der Waals surface area (Å²) in [6, 6.07) is 15.3. The van der Waals surface area contributed by atoms with Crippen molar-refractivity contribution in [2.75, 3.05) is 11.8 Å². The second-order valence-electron chi connectivity index (χ2n) is 7.71. The highest BCUT2D eigenvalue weighted by molar-refractivity contribution is 7.93. The fourth-order valence-corrected chi connectivity index (χ4v) is 4.94. The van der Waals surface area contributed by atoms with Crippen LogP contribution in [0.15, 0.2) is 71.9 Å². The number of ketones is 1. The predicted molar refractivity (Wildman–Crippen MR) is 135 cm³/mol. The number of ether oxygens (including phenoxy) is 1. The van der Waals surface area contributed by atoms with Crippen molar-refractivity contribution in [2.45, 2.75) is 25.2 Å². The number of anilines is 1. The number of hydrogen-bond acceptors (Lipinski definition) is 6. The van der Waals surface area contributed by atoms with E-state index in [9.17, 15) is 13.2 Å². The minimum absolute atomic E-state index is 0.0354. The maximum atomic E-state index is 13.3. The average molecular weight is 486 g/mol. The number of para-hydroxylation sites is 1. The Morgan fingerprint density at radius 1 is 1.06 bits per heavy atom. The van der Waals surface area contributed by atoms with Crippen LogP contribution in [-0.2, 0) is 16.4 Å². The number of rotatable bonds is 6. The number of pyridine rings is 2. The summed E-state index contributed by atoms with van der Waals surface area (Å²) in [5.74, 6) is 6.49. The number of carbonyl (C=O) groups excluding carboxylic acids is 1. The van der Waals surface area contributed by atoms with Crippen molar-refractivity contribution in [2.24, 2.45) is 0 Å². The van der Waals surface area contributed by atoms with Crippen LogP contribution >= 0.6 is 0 Å². The van der Waals surface area contributed by atoms with Gasteiger partial charge in [-0.3, -0.25) is 19.5 Å². The van der Waals surface area contributed by atoms with Crippen LogP contribution in [0.4, 0.5) is 5.69 Å². The van der Waals surface area contributed by atoms with Gasteiger partial charge in [-0.1, -0.05) is 30.9 Å². The molecule has 0 aliphatic carbocycles. The van der Waals surface area contributed by atoms with Gasteiger partial charge in [0, 0.05) is 35.8 Å². The van der Waals surface area contributed by atoms with Crippen LogP contribution in [0.3, 0.4) is 0 Å². The van der Waals surface area contributed by atoms with Crippen molar-refractivity contribution in [3.63, 3.8) is 0 Å². The summed E-state index contributed by atoms with van der Waals surface area (Å²) >= 11 is 0. The minimum Gasteiger partial charge on any atom is -0.496 e. The number of benzene rings is 2. The van der Waals surface area contributed by atoms with Crippen LogP contribution < -0.4 is 9.46 Å². The Hall–Kier alpha value is -4.22. The van der Waals surface area contributed by atoms with Gasteiger partial charge in [0.2, 0.25) is 0 Å². The third kappa shape index (κ3) is 5.00. The topological polar surface area (TPSA) is 98.2 Å². The SMILES string of the molecule is CCc1cc(C#Cc2ccccc2NS(=O)(=O)c2ccc(OC)c3cccnc23)cnc1C(C)=O. The second kappa shape index (κ2) is 9.95. The first-order valence-electron chi connectivity index (χ1n) is 10.9.